The summed E-state index contributed by atoms with van der Waals surface area (Å²) in [4.78, 5) is 10.5. The van der Waals surface area contributed by atoms with Gasteiger partial charge in [-0.25, -0.2) is 4.79 Å². The summed E-state index contributed by atoms with van der Waals surface area (Å²) < 4.78 is 5.11. The molecule has 0 radical (unpaired) electrons. The average Bonchev–Trinajstić information content (AvgIpc) is 2.04. The molecule has 0 aliphatic carbocycles. The van der Waals surface area contributed by atoms with Gasteiger partial charge in [-0.2, -0.15) is 0 Å². The van der Waals surface area contributed by atoms with Crippen molar-refractivity contribution in [1.29, 1.82) is 5.41 Å². The molecule has 0 aromatic heterocycles. The topological polar surface area (TPSA) is 70.4 Å². The normalized spacial score (nSPS) is 21.8. The van der Waals surface area contributed by atoms with Gasteiger partial charge in [-0.3, -0.25) is 5.41 Å². The van der Waals surface area contributed by atoms with Gasteiger partial charge in [-0.15, -0.1) is 0 Å². The molecule has 0 unspecified atom stereocenters. The van der Waals surface area contributed by atoms with E-state index >= 15 is 0 Å². The molecular weight excluding hydrogens is 158 g/mol. The molecule has 0 spiro atoms. The van der Waals surface area contributed by atoms with E-state index in [2.05, 4.69) is 0 Å². The smallest absolute Gasteiger partial charge is 0.350 e. The molecule has 1 saturated heterocycles. The quantitative estimate of drug-likeness (QED) is 0.606. The van der Waals surface area contributed by atoms with Gasteiger partial charge in [-0.1, -0.05) is 6.92 Å². The van der Waals surface area contributed by atoms with Crippen LogP contribution in [-0.4, -0.2) is 30.0 Å². The molecule has 12 heavy (non-hydrogen) atoms. The van der Waals surface area contributed by atoms with Crippen LogP contribution in [0.3, 0.4) is 0 Å². The van der Waals surface area contributed by atoms with Crippen molar-refractivity contribution < 1.29 is 14.6 Å². The summed E-state index contributed by atoms with van der Waals surface area (Å²) >= 11 is 0. The van der Waals surface area contributed by atoms with Crippen LogP contribution >= 0.6 is 0 Å². The fourth-order valence-electron chi connectivity index (χ4n) is 1.33. The number of nitrogens with one attached hydrogen (secondary N) is 1. The highest BCUT2D eigenvalue weighted by Gasteiger charge is 2.35. The van der Waals surface area contributed by atoms with Gasteiger partial charge in [0, 0.05) is 18.6 Å². The highest BCUT2D eigenvalue weighted by Crippen LogP contribution is 2.30. The molecule has 0 amide bonds. The Morgan fingerprint density at radius 1 is 1.50 bits per heavy atom. The summed E-state index contributed by atoms with van der Waals surface area (Å²) in [6, 6.07) is 0. The van der Waals surface area contributed by atoms with E-state index in [0.29, 0.717) is 26.1 Å². The van der Waals surface area contributed by atoms with Crippen molar-refractivity contribution in [2.24, 2.45) is 5.41 Å². The molecule has 0 saturated carbocycles. The maximum atomic E-state index is 10.5. The van der Waals surface area contributed by atoms with Gasteiger partial charge in [0.25, 0.3) is 0 Å². The highest BCUT2D eigenvalue weighted by atomic mass is 16.5. The fourth-order valence-corrected chi connectivity index (χ4v) is 1.33. The summed E-state index contributed by atoms with van der Waals surface area (Å²) in [5.74, 6) is -1.11. The average molecular weight is 171 g/mol. The monoisotopic (exact) mass is 171 g/mol. The van der Waals surface area contributed by atoms with Gasteiger partial charge in [0.15, 0.2) is 0 Å². The van der Waals surface area contributed by atoms with Crippen molar-refractivity contribution in [3.8, 4) is 0 Å². The highest BCUT2D eigenvalue weighted by molar-refractivity contribution is 6.36. The third-order valence-corrected chi connectivity index (χ3v) is 2.41. The molecule has 1 fully saturated rings. The number of rotatable bonds is 2. The number of carboxylic acid groups (broad SMARTS) is 1. The molecule has 4 heteroatoms. The maximum Gasteiger partial charge on any atom is 0.350 e. The number of ether oxygens (including phenoxy) is 1. The Kier molecular flexibility index (Phi) is 2.47. The van der Waals surface area contributed by atoms with Gasteiger partial charge in [0.2, 0.25) is 0 Å². The first-order valence-corrected chi connectivity index (χ1v) is 3.96. The minimum absolute atomic E-state index is 0.189. The summed E-state index contributed by atoms with van der Waals surface area (Å²) in [6.45, 7) is 2.93. The number of carbonyl (C=O) groups is 1. The van der Waals surface area contributed by atoms with Crippen LogP contribution < -0.4 is 0 Å². The first-order valence-electron chi connectivity index (χ1n) is 3.96. The summed E-state index contributed by atoms with van der Waals surface area (Å²) in [7, 11) is 0. The van der Waals surface area contributed by atoms with Crippen LogP contribution in [-0.2, 0) is 9.53 Å². The molecule has 0 bridgehead atoms. The van der Waals surface area contributed by atoms with Crippen LogP contribution in [0, 0.1) is 10.8 Å². The van der Waals surface area contributed by atoms with Gasteiger partial charge in [-0.05, 0) is 12.8 Å². The Morgan fingerprint density at radius 2 is 2.00 bits per heavy atom. The summed E-state index contributed by atoms with van der Waals surface area (Å²) in [6.07, 6.45) is 1.27. The standard InChI is InChI=1S/C8H13NO3/c1-8(6(9)7(10)11)2-4-12-5-3-8/h9H,2-5H2,1H3,(H,10,11). The van der Waals surface area contributed by atoms with Crippen LogP contribution in [0.25, 0.3) is 0 Å². The number of hydrogen-bond acceptors (Lipinski definition) is 3. The maximum absolute atomic E-state index is 10.5. The van der Waals surface area contributed by atoms with E-state index in [4.69, 9.17) is 15.3 Å². The molecule has 0 aromatic rings. The van der Waals surface area contributed by atoms with Crippen molar-refractivity contribution in [3.05, 3.63) is 0 Å². The minimum Gasteiger partial charge on any atom is -0.477 e. The molecule has 1 rings (SSSR count). The van der Waals surface area contributed by atoms with Crippen molar-refractivity contribution >= 4 is 11.7 Å². The second kappa shape index (κ2) is 3.23. The van der Waals surface area contributed by atoms with E-state index in [1.54, 1.807) is 0 Å². The zero-order valence-corrected chi connectivity index (χ0v) is 7.09. The van der Waals surface area contributed by atoms with E-state index in [-0.39, 0.29) is 5.71 Å². The first kappa shape index (κ1) is 9.19. The van der Waals surface area contributed by atoms with Gasteiger partial charge in [0.1, 0.15) is 5.71 Å². The first-order chi connectivity index (χ1) is 5.56. The van der Waals surface area contributed by atoms with Crippen LogP contribution in [0.15, 0.2) is 0 Å². The number of aliphatic carboxylic acids is 1. The zero-order chi connectivity index (χ0) is 9.19. The Labute approximate surface area is 71.0 Å². The van der Waals surface area contributed by atoms with Crippen molar-refractivity contribution in [1.82, 2.24) is 0 Å². The molecule has 0 atom stereocenters. The lowest BCUT2D eigenvalue weighted by molar-refractivity contribution is -0.130. The third-order valence-electron chi connectivity index (χ3n) is 2.41. The Morgan fingerprint density at radius 3 is 2.42 bits per heavy atom. The molecular formula is C8H13NO3. The Hall–Kier alpha value is -0.900. The minimum atomic E-state index is -1.11. The largest absolute Gasteiger partial charge is 0.477 e. The Balaban J connectivity index is 2.69. The summed E-state index contributed by atoms with van der Waals surface area (Å²) in [5, 5.41) is 16.0. The zero-order valence-electron chi connectivity index (χ0n) is 7.09. The van der Waals surface area contributed by atoms with E-state index in [0.717, 1.165) is 0 Å². The van der Waals surface area contributed by atoms with E-state index < -0.39 is 11.4 Å². The van der Waals surface area contributed by atoms with Crippen LogP contribution in [0.5, 0.6) is 0 Å². The van der Waals surface area contributed by atoms with E-state index in [1.165, 1.54) is 0 Å². The van der Waals surface area contributed by atoms with Crippen LogP contribution in [0.2, 0.25) is 0 Å². The SMILES string of the molecule is CC1(C(=N)C(=O)O)CCOCC1. The summed E-state index contributed by atoms with van der Waals surface area (Å²) in [5.41, 5.74) is -0.671. The number of hydrogen-bond donors (Lipinski definition) is 2. The lowest BCUT2D eigenvalue weighted by Gasteiger charge is -2.32. The lowest BCUT2D eigenvalue weighted by atomic mass is 9.78. The molecule has 2 N–H and O–H groups in total. The van der Waals surface area contributed by atoms with Gasteiger partial charge in [0.05, 0.1) is 0 Å². The molecule has 68 valence electrons. The third kappa shape index (κ3) is 1.64. The number of carboxylic acids is 1. The van der Waals surface area contributed by atoms with Gasteiger partial charge < -0.3 is 9.84 Å². The van der Waals surface area contributed by atoms with Crippen molar-refractivity contribution in [2.45, 2.75) is 19.8 Å². The lowest BCUT2D eigenvalue weighted by Crippen LogP contribution is -2.38. The second-order valence-electron chi connectivity index (χ2n) is 3.35. The van der Waals surface area contributed by atoms with Crippen molar-refractivity contribution in [2.75, 3.05) is 13.2 Å². The molecule has 4 nitrogen and oxygen atoms in total. The van der Waals surface area contributed by atoms with Gasteiger partial charge >= 0.3 is 5.97 Å². The Bertz CT molecular complexity index is 206. The van der Waals surface area contributed by atoms with E-state index in [9.17, 15) is 4.79 Å². The molecule has 1 heterocycles. The fraction of sp³-hybridized carbons (Fsp3) is 0.750. The van der Waals surface area contributed by atoms with Crippen LogP contribution in [0.1, 0.15) is 19.8 Å². The van der Waals surface area contributed by atoms with Crippen molar-refractivity contribution in [3.63, 3.8) is 0 Å². The predicted octanol–water partition coefficient (Wildman–Crippen LogP) is 0.907. The molecule has 1 aliphatic rings. The van der Waals surface area contributed by atoms with E-state index in [1.807, 2.05) is 6.92 Å². The molecule has 0 aromatic carbocycles. The second-order valence-corrected chi connectivity index (χ2v) is 3.35. The van der Waals surface area contributed by atoms with Crippen LogP contribution in [0.4, 0.5) is 0 Å². The predicted molar refractivity (Wildman–Crippen MR) is 43.5 cm³/mol. The molecule has 1 aliphatic heterocycles.